The molecule has 0 aromatic rings. The topological polar surface area (TPSA) is 75.5 Å². The van der Waals surface area contributed by atoms with Gasteiger partial charge in [-0.15, -0.1) is 0 Å². The molecule has 0 aromatic heterocycles. The van der Waals surface area contributed by atoms with Gasteiger partial charge in [0, 0.05) is 31.7 Å². The third-order valence-corrected chi connectivity index (χ3v) is 3.38. The van der Waals surface area contributed by atoms with Crippen LogP contribution in [-0.4, -0.2) is 47.3 Å². The SMILES string of the molecule is NCC1(O)CCN(C2CC2N)CC1. The van der Waals surface area contributed by atoms with Crippen molar-refractivity contribution < 1.29 is 5.11 Å². The van der Waals surface area contributed by atoms with Gasteiger partial charge in [0.15, 0.2) is 0 Å². The molecule has 0 aromatic carbocycles. The third-order valence-electron chi connectivity index (χ3n) is 3.38. The minimum absolute atomic E-state index is 0.379. The van der Waals surface area contributed by atoms with E-state index in [0.717, 1.165) is 32.4 Å². The van der Waals surface area contributed by atoms with E-state index in [-0.39, 0.29) is 0 Å². The van der Waals surface area contributed by atoms with E-state index >= 15 is 0 Å². The fraction of sp³-hybridized carbons (Fsp3) is 1.00. The molecule has 2 rings (SSSR count). The Balaban J connectivity index is 1.82. The van der Waals surface area contributed by atoms with Gasteiger partial charge in [-0.25, -0.2) is 0 Å². The van der Waals surface area contributed by atoms with Gasteiger partial charge in [0.25, 0.3) is 0 Å². The van der Waals surface area contributed by atoms with Crippen LogP contribution in [0, 0.1) is 0 Å². The number of rotatable bonds is 2. The lowest BCUT2D eigenvalue weighted by molar-refractivity contribution is -0.0157. The van der Waals surface area contributed by atoms with Crippen LogP contribution in [0.4, 0.5) is 0 Å². The first kappa shape index (κ1) is 9.40. The minimum atomic E-state index is -0.602. The summed E-state index contributed by atoms with van der Waals surface area (Å²) in [7, 11) is 0. The molecule has 1 saturated carbocycles. The van der Waals surface area contributed by atoms with Crippen LogP contribution in [0.1, 0.15) is 19.3 Å². The molecule has 5 N–H and O–H groups in total. The summed E-state index contributed by atoms with van der Waals surface area (Å²) in [5, 5.41) is 9.88. The summed E-state index contributed by atoms with van der Waals surface area (Å²) in [6.07, 6.45) is 2.72. The monoisotopic (exact) mass is 185 g/mol. The number of nitrogens with two attached hydrogens (primary N) is 2. The Morgan fingerprint density at radius 3 is 2.31 bits per heavy atom. The van der Waals surface area contributed by atoms with Crippen LogP contribution >= 0.6 is 0 Å². The van der Waals surface area contributed by atoms with Crippen molar-refractivity contribution in [2.75, 3.05) is 19.6 Å². The molecule has 0 radical (unpaired) electrons. The molecule has 4 nitrogen and oxygen atoms in total. The Labute approximate surface area is 78.9 Å². The summed E-state index contributed by atoms with van der Waals surface area (Å²) >= 11 is 0. The number of hydrogen-bond donors (Lipinski definition) is 3. The van der Waals surface area contributed by atoms with Gasteiger partial charge in [-0.3, -0.25) is 4.90 Å². The first-order chi connectivity index (χ1) is 6.14. The highest BCUT2D eigenvalue weighted by molar-refractivity contribution is 5.01. The maximum atomic E-state index is 9.88. The number of hydrogen-bond acceptors (Lipinski definition) is 4. The van der Waals surface area contributed by atoms with E-state index in [1.807, 2.05) is 0 Å². The van der Waals surface area contributed by atoms with Gasteiger partial charge in [-0.1, -0.05) is 0 Å². The fourth-order valence-corrected chi connectivity index (χ4v) is 2.10. The molecule has 4 heteroatoms. The first-order valence-electron chi connectivity index (χ1n) is 5.07. The third kappa shape index (κ3) is 1.86. The smallest absolute Gasteiger partial charge is 0.0793 e. The number of aliphatic hydroxyl groups is 1. The summed E-state index contributed by atoms with van der Waals surface area (Å²) in [5.74, 6) is 0. The summed E-state index contributed by atoms with van der Waals surface area (Å²) in [6.45, 7) is 2.29. The maximum Gasteiger partial charge on any atom is 0.0793 e. The molecule has 1 heterocycles. The average molecular weight is 185 g/mol. The number of nitrogens with zero attached hydrogens (tertiary/aromatic N) is 1. The van der Waals surface area contributed by atoms with Crippen molar-refractivity contribution in [3.63, 3.8) is 0 Å². The predicted octanol–water partition coefficient (Wildman–Crippen LogP) is -1.13. The highest BCUT2D eigenvalue weighted by Crippen LogP contribution is 2.31. The van der Waals surface area contributed by atoms with E-state index in [0.29, 0.717) is 18.6 Å². The van der Waals surface area contributed by atoms with Gasteiger partial charge in [-0.05, 0) is 19.3 Å². The van der Waals surface area contributed by atoms with E-state index in [1.165, 1.54) is 0 Å². The van der Waals surface area contributed by atoms with Crippen LogP contribution in [0.25, 0.3) is 0 Å². The molecule has 1 aliphatic heterocycles. The van der Waals surface area contributed by atoms with Crippen molar-refractivity contribution in [1.29, 1.82) is 0 Å². The Morgan fingerprint density at radius 2 is 1.92 bits per heavy atom. The molecule has 1 aliphatic carbocycles. The Hall–Kier alpha value is -0.160. The Kier molecular flexibility index (Phi) is 2.32. The van der Waals surface area contributed by atoms with E-state index < -0.39 is 5.60 Å². The van der Waals surface area contributed by atoms with Gasteiger partial charge in [-0.2, -0.15) is 0 Å². The van der Waals surface area contributed by atoms with Gasteiger partial charge in [0.2, 0.25) is 0 Å². The highest BCUT2D eigenvalue weighted by atomic mass is 16.3. The Morgan fingerprint density at radius 1 is 1.38 bits per heavy atom. The molecular formula is C9H19N3O. The second-order valence-corrected chi connectivity index (χ2v) is 4.43. The van der Waals surface area contributed by atoms with Crippen LogP contribution in [0.5, 0.6) is 0 Å². The summed E-state index contributed by atoms with van der Waals surface area (Å²) < 4.78 is 0. The zero-order chi connectivity index (χ0) is 9.47. The van der Waals surface area contributed by atoms with Crippen molar-refractivity contribution in [3.8, 4) is 0 Å². The molecule has 2 atom stereocenters. The van der Waals surface area contributed by atoms with E-state index in [4.69, 9.17) is 11.5 Å². The predicted molar refractivity (Wildman–Crippen MR) is 51.2 cm³/mol. The number of piperidine rings is 1. The van der Waals surface area contributed by atoms with Crippen LogP contribution < -0.4 is 11.5 Å². The lowest BCUT2D eigenvalue weighted by Gasteiger charge is -2.37. The van der Waals surface area contributed by atoms with Gasteiger partial charge < -0.3 is 16.6 Å². The Bertz CT molecular complexity index is 189. The normalized spacial score (nSPS) is 39.0. The van der Waals surface area contributed by atoms with Crippen LogP contribution in [-0.2, 0) is 0 Å². The summed E-state index contributed by atoms with van der Waals surface area (Å²) in [6, 6.07) is 0.964. The number of likely N-dealkylation sites (tertiary alicyclic amines) is 1. The van der Waals surface area contributed by atoms with E-state index in [1.54, 1.807) is 0 Å². The summed E-state index contributed by atoms with van der Waals surface area (Å²) in [4.78, 5) is 2.38. The quantitative estimate of drug-likeness (QED) is 0.509. The second-order valence-electron chi connectivity index (χ2n) is 4.43. The van der Waals surface area contributed by atoms with Gasteiger partial charge in [0.1, 0.15) is 0 Å². The van der Waals surface area contributed by atoms with Crippen LogP contribution in [0.3, 0.4) is 0 Å². The minimum Gasteiger partial charge on any atom is -0.388 e. The molecule has 0 bridgehead atoms. The molecule has 2 aliphatic rings. The lowest BCUT2D eigenvalue weighted by atomic mass is 9.91. The zero-order valence-electron chi connectivity index (χ0n) is 7.95. The van der Waals surface area contributed by atoms with Crippen molar-refractivity contribution in [2.24, 2.45) is 11.5 Å². The highest BCUT2D eigenvalue weighted by Gasteiger charge is 2.42. The standard InChI is InChI=1S/C9H19N3O/c10-6-9(13)1-3-12(4-2-9)8-5-7(8)11/h7-8,13H,1-6,10-11H2. The van der Waals surface area contributed by atoms with Crippen molar-refractivity contribution in [2.45, 2.75) is 36.9 Å². The fourth-order valence-electron chi connectivity index (χ4n) is 2.10. The van der Waals surface area contributed by atoms with E-state index in [2.05, 4.69) is 4.90 Å². The average Bonchev–Trinajstić information content (AvgIpc) is 2.84. The molecule has 2 fully saturated rings. The maximum absolute atomic E-state index is 9.88. The van der Waals surface area contributed by atoms with Crippen molar-refractivity contribution >= 4 is 0 Å². The van der Waals surface area contributed by atoms with E-state index in [9.17, 15) is 5.11 Å². The molecule has 1 saturated heterocycles. The molecule has 2 unspecified atom stereocenters. The second kappa shape index (κ2) is 3.20. The molecule has 13 heavy (non-hydrogen) atoms. The molecule has 76 valence electrons. The molecule has 0 amide bonds. The van der Waals surface area contributed by atoms with Crippen molar-refractivity contribution in [1.82, 2.24) is 4.90 Å². The zero-order valence-corrected chi connectivity index (χ0v) is 7.95. The first-order valence-corrected chi connectivity index (χ1v) is 5.07. The van der Waals surface area contributed by atoms with Crippen LogP contribution in [0.2, 0.25) is 0 Å². The van der Waals surface area contributed by atoms with Gasteiger partial charge >= 0.3 is 0 Å². The molecular weight excluding hydrogens is 166 g/mol. The summed E-state index contributed by atoms with van der Waals surface area (Å²) in [5.41, 5.74) is 10.7. The largest absolute Gasteiger partial charge is 0.388 e. The van der Waals surface area contributed by atoms with Crippen molar-refractivity contribution in [3.05, 3.63) is 0 Å². The lowest BCUT2D eigenvalue weighted by Crippen LogP contribution is -2.49. The van der Waals surface area contributed by atoms with Crippen LogP contribution in [0.15, 0.2) is 0 Å². The van der Waals surface area contributed by atoms with Gasteiger partial charge in [0.05, 0.1) is 5.60 Å². The molecule has 0 spiro atoms.